The minimum Gasteiger partial charge on any atom is -0.493 e. The van der Waals surface area contributed by atoms with Gasteiger partial charge in [0.15, 0.2) is 17.2 Å². The molecular formula is C21H20BrNO5. The molecule has 0 bridgehead atoms. The molecule has 0 unspecified atom stereocenters. The summed E-state index contributed by atoms with van der Waals surface area (Å²) in [5.74, 6) is 1.47. The van der Waals surface area contributed by atoms with Crippen LogP contribution in [-0.2, 0) is 9.53 Å². The van der Waals surface area contributed by atoms with E-state index >= 15 is 0 Å². The highest BCUT2D eigenvalue weighted by Crippen LogP contribution is 2.37. The summed E-state index contributed by atoms with van der Waals surface area (Å²) >= 11 is 3.48. The van der Waals surface area contributed by atoms with Crippen molar-refractivity contribution < 1.29 is 23.7 Å². The number of halogens is 1. The summed E-state index contributed by atoms with van der Waals surface area (Å²) in [5.41, 5.74) is 1.55. The van der Waals surface area contributed by atoms with Crippen LogP contribution in [-0.4, -0.2) is 32.2 Å². The summed E-state index contributed by atoms with van der Waals surface area (Å²) < 4.78 is 22.7. The van der Waals surface area contributed by atoms with Crippen molar-refractivity contribution in [3.8, 4) is 17.2 Å². The molecule has 2 aromatic rings. The molecule has 0 N–H and O–H groups in total. The van der Waals surface area contributed by atoms with E-state index in [1.54, 1.807) is 25.3 Å². The van der Waals surface area contributed by atoms with Gasteiger partial charge < -0.3 is 18.9 Å². The van der Waals surface area contributed by atoms with Crippen LogP contribution in [0.2, 0.25) is 0 Å². The SMILES string of the molecule is CCOc1ccccc1C1=NC(=Cc2cc(Br)c(OCC)c(OC)c2)C(=O)O1. The summed E-state index contributed by atoms with van der Waals surface area (Å²) in [6.07, 6.45) is 1.64. The number of benzene rings is 2. The van der Waals surface area contributed by atoms with E-state index in [1.807, 2.05) is 38.1 Å². The minimum absolute atomic E-state index is 0.194. The molecule has 0 spiro atoms. The van der Waals surface area contributed by atoms with Gasteiger partial charge in [-0.1, -0.05) is 12.1 Å². The van der Waals surface area contributed by atoms with Crippen LogP contribution in [0.25, 0.3) is 6.08 Å². The topological polar surface area (TPSA) is 66.3 Å². The average molecular weight is 446 g/mol. The smallest absolute Gasteiger partial charge is 0.363 e. The molecule has 3 rings (SSSR count). The Kier molecular flexibility index (Phi) is 6.36. The number of hydrogen-bond donors (Lipinski definition) is 0. The van der Waals surface area contributed by atoms with Gasteiger partial charge in [-0.05, 0) is 65.7 Å². The van der Waals surface area contributed by atoms with Crippen LogP contribution in [0.3, 0.4) is 0 Å². The molecule has 1 aliphatic heterocycles. The predicted octanol–water partition coefficient (Wildman–Crippen LogP) is 4.60. The number of methoxy groups -OCH3 is 1. The lowest BCUT2D eigenvalue weighted by molar-refractivity contribution is -0.129. The monoisotopic (exact) mass is 445 g/mol. The van der Waals surface area contributed by atoms with Crippen molar-refractivity contribution >= 4 is 33.9 Å². The van der Waals surface area contributed by atoms with Crippen molar-refractivity contribution in [3.63, 3.8) is 0 Å². The molecule has 2 aromatic carbocycles. The summed E-state index contributed by atoms with van der Waals surface area (Å²) in [5, 5.41) is 0. The van der Waals surface area contributed by atoms with Crippen molar-refractivity contribution in [3.05, 3.63) is 57.7 Å². The highest BCUT2D eigenvalue weighted by atomic mass is 79.9. The van der Waals surface area contributed by atoms with Crippen LogP contribution < -0.4 is 14.2 Å². The van der Waals surface area contributed by atoms with Crippen LogP contribution in [0.15, 0.2) is 51.6 Å². The fraction of sp³-hybridized carbons (Fsp3) is 0.238. The molecule has 0 amide bonds. The zero-order valence-corrected chi connectivity index (χ0v) is 17.4. The number of aliphatic imine (C=N–C) groups is 1. The molecule has 0 aromatic heterocycles. The van der Waals surface area contributed by atoms with Gasteiger partial charge in [0.25, 0.3) is 0 Å². The predicted molar refractivity (Wildman–Crippen MR) is 110 cm³/mol. The van der Waals surface area contributed by atoms with E-state index < -0.39 is 5.97 Å². The number of carbonyl (C=O) groups excluding carboxylic acids is 1. The van der Waals surface area contributed by atoms with Gasteiger partial charge in [-0.2, -0.15) is 0 Å². The number of nitrogens with zero attached hydrogens (tertiary/aromatic N) is 1. The number of cyclic esters (lactones) is 1. The maximum atomic E-state index is 12.3. The number of carbonyl (C=O) groups is 1. The van der Waals surface area contributed by atoms with E-state index in [2.05, 4.69) is 20.9 Å². The summed E-state index contributed by atoms with van der Waals surface area (Å²) in [7, 11) is 1.56. The Bertz CT molecular complexity index is 952. The number of ether oxygens (including phenoxy) is 4. The Morgan fingerprint density at radius 3 is 2.57 bits per heavy atom. The van der Waals surface area contributed by atoms with Crippen LogP contribution in [0.4, 0.5) is 0 Å². The van der Waals surface area contributed by atoms with Crippen LogP contribution in [0.1, 0.15) is 25.0 Å². The minimum atomic E-state index is -0.523. The molecule has 0 saturated carbocycles. The first-order valence-corrected chi connectivity index (χ1v) is 9.61. The molecular weight excluding hydrogens is 426 g/mol. The van der Waals surface area contributed by atoms with E-state index in [0.717, 1.165) is 10.0 Å². The zero-order valence-electron chi connectivity index (χ0n) is 15.8. The van der Waals surface area contributed by atoms with E-state index in [-0.39, 0.29) is 11.6 Å². The van der Waals surface area contributed by atoms with Crippen LogP contribution in [0, 0.1) is 0 Å². The quantitative estimate of drug-likeness (QED) is 0.460. The standard InChI is InChI=1S/C21H20BrNO5/c1-4-26-17-9-7-6-8-14(17)20-23-16(21(24)28-20)11-13-10-15(22)19(27-5-2)18(12-13)25-3/h6-12H,4-5H2,1-3H3. The summed E-state index contributed by atoms with van der Waals surface area (Å²) in [4.78, 5) is 16.7. The van der Waals surface area contributed by atoms with Gasteiger partial charge in [0.05, 0.1) is 30.4 Å². The Morgan fingerprint density at radius 2 is 1.86 bits per heavy atom. The third kappa shape index (κ3) is 4.20. The molecule has 146 valence electrons. The van der Waals surface area contributed by atoms with Crippen LogP contribution in [0.5, 0.6) is 17.2 Å². The molecule has 0 fully saturated rings. The van der Waals surface area contributed by atoms with E-state index in [4.69, 9.17) is 18.9 Å². The maximum absolute atomic E-state index is 12.3. The van der Waals surface area contributed by atoms with Crippen molar-refractivity contribution in [1.82, 2.24) is 0 Å². The first-order valence-electron chi connectivity index (χ1n) is 8.82. The molecule has 0 radical (unpaired) electrons. The molecule has 7 heteroatoms. The van der Waals surface area contributed by atoms with Crippen molar-refractivity contribution in [2.75, 3.05) is 20.3 Å². The molecule has 6 nitrogen and oxygen atoms in total. The summed E-state index contributed by atoms with van der Waals surface area (Å²) in [6, 6.07) is 10.9. The van der Waals surface area contributed by atoms with Gasteiger partial charge >= 0.3 is 5.97 Å². The molecule has 1 aliphatic rings. The highest BCUT2D eigenvalue weighted by molar-refractivity contribution is 9.10. The van der Waals surface area contributed by atoms with E-state index in [0.29, 0.717) is 36.0 Å². The zero-order chi connectivity index (χ0) is 20.1. The lowest BCUT2D eigenvalue weighted by Gasteiger charge is -2.12. The number of esters is 1. The van der Waals surface area contributed by atoms with E-state index in [9.17, 15) is 4.79 Å². The maximum Gasteiger partial charge on any atom is 0.363 e. The van der Waals surface area contributed by atoms with Gasteiger partial charge in [0.1, 0.15) is 5.75 Å². The second kappa shape index (κ2) is 8.93. The van der Waals surface area contributed by atoms with E-state index in [1.165, 1.54) is 0 Å². The third-order valence-electron chi connectivity index (χ3n) is 3.88. The van der Waals surface area contributed by atoms with Crippen LogP contribution >= 0.6 is 15.9 Å². The molecule has 28 heavy (non-hydrogen) atoms. The van der Waals surface area contributed by atoms with Crippen molar-refractivity contribution in [2.24, 2.45) is 4.99 Å². The number of rotatable bonds is 7. The fourth-order valence-electron chi connectivity index (χ4n) is 2.71. The van der Waals surface area contributed by atoms with Gasteiger partial charge in [-0.3, -0.25) is 0 Å². The average Bonchev–Trinajstić information content (AvgIpc) is 3.04. The largest absolute Gasteiger partial charge is 0.493 e. The molecule has 0 saturated heterocycles. The second-order valence-electron chi connectivity index (χ2n) is 5.73. The first-order chi connectivity index (χ1) is 13.6. The van der Waals surface area contributed by atoms with Crippen molar-refractivity contribution in [1.29, 1.82) is 0 Å². The fourth-order valence-corrected chi connectivity index (χ4v) is 3.29. The Hall–Kier alpha value is -2.80. The van der Waals surface area contributed by atoms with Gasteiger partial charge in [-0.15, -0.1) is 0 Å². The Balaban J connectivity index is 1.97. The second-order valence-corrected chi connectivity index (χ2v) is 6.59. The third-order valence-corrected chi connectivity index (χ3v) is 4.47. The molecule has 0 aliphatic carbocycles. The lowest BCUT2D eigenvalue weighted by atomic mass is 10.1. The summed E-state index contributed by atoms with van der Waals surface area (Å²) in [6.45, 7) is 4.80. The van der Waals surface area contributed by atoms with Crippen molar-refractivity contribution in [2.45, 2.75) is 13.8 Å². The first kappa shape index (κ1) is 19.9. The number of para-hydroxylation sites is 1. The lowest BCUT2D eigenvalue weighted by Crippen LogP contribution is -2.07. The molecule has 1 heterocycles. The molecule has 0 atom stereocenters. The Labute approximate surface area is 171 Å². The Morgan fingerprint density at radius 1 is 1.11 bits per heavy atom. The van der Waals surface area contributed by atoms with Gasteiger partial charge in [-0.25, -0.2) is 9.79 Å². The number of hydrogen-bond acceptors (Lipinski definition) is 6. The van der Waals surface area contributed by atoms with Gasteiger partial charge in [0, 0.05) is 0 Å². The van der Waals surface area contributed by atoms with Gasteiger partial charge in [0.2, 0.25) is 5.90 Å². The highest BCUT2D eigenvalue weighted by Gasteiger charge is 2.26. The normalized spacial score (nSPS) is 14.6.